The minimum Gasteiger partial charge on any atom is -0.454 e. The average molecular weight is 555 g/mol. The molecule has 0 unspecified atom stereocenters. The molecule has 198 valence electrons. The number of amides is 1. The van der Waals surface area contributed by atoms with E-state index in [9.17, 15) is 4.79 Å². The molecule has 1 aromatic heterocycles. The molecule has 4 heterocycles. The summed E-state index contributed by atoms with van der Waals surface area (Å²) >= 11 is 7.84. The van der Waals surface area contributed by atoms with Gasteiger partial charge >= 0.3 is 0 Å². The smallest absolute Gasteiger partial charge is 0.251 e. The molecular weight excluding hydrogens is 528 g/mol. The second-order valence-corrected chi connectivity index (χ2v) is 10.6. The number of carbonyl (C=O) groups excluding carboxylic acids is 1. The zero-order valence-corrected chi connectivity index (χ0v) is 22.2. The summed E-state index contributed by atoms with van der Waals surface area (Å²) in [4.78, 5) is 24.0. The summed E-state index contributed by atoms with van der Waals surface area (Å²) < 4.78 is 22.4. The fourth-order valence-electron chi connectivity index (χ4n) is 4.71. The van der Waals surface area contributed by atoms with Gasteiger partial charge in [0.15, 0.2) is 22.4 Å². The highest BCUT2D eigenvalue weighted by Gasteiger charge is 2.40. The standard InChI is InChI=1S/C27H27ClN4O5S/c28-23-14-24(32-9-7-27(8-10-32)36-11-12-37-27)31-26(30-23)38-16-18-1-4-20(5-2-18)25(33)29-15-19-3-6-21-22(13-19)35-17-34-21/h1-6,13-14H,7-12,15-17H2,(H,29,33). The number of fused-ring (bicyclic) bond motifs is 1. The maximum Gasteiger partial charge on any atom is 0.251 e. The van der Waals surface area contributed by atoms with Gasteiger partial charge in [-0.3, -0.25) is 4.79 Å². The number of aromatic nitrogens is 2. The first-order valence-electron chi connectivity index (χ1n) is 12.5. The van der Waals surface area contributed by atoms with E-state index in [1.807, 2.05) is 42.5 Å². The highest BCUT2D eigenvalue weighted by molar-refractivity contribution is 7.98. The van der Waals surface area contributed by atoms with Gasteiger partial charge in [0.1, 0.15) is 11.0 Å². The summed E-state index contributed by atoms with van der Waals surface area (Å²) in [6.45, 7) is 3.52. The van der Waals surface area contributed by atoms with Gasteiger partial charge in [0.2, 0.25) is 6.79 Å². The number of hydrogen-bond donors (Lipinski definition) is 1. The molecule has 3 aromatic rings. The molecule has 0 atom stereocenters. The number of carbonyl (C=O) groups is 1. The SMILES string of the molecule is O=C(NCc1ccc2c(c1)OCO2)c1ccc(CSc2nc(Cl)cc(N3CCC4(CC3)OCCO4)n2)cc1. The minimum atomic E-state index is -0.431. The van der Waals surface area contributed by atoms with Crippen LogP contribution < -0.4 is 19.7 Å². The number of rotatable bonds is 7. The summed E-state index contributed by atoms with van der Waals surface area (Å²) in [6.07, 6.45) is 1.60. The molecule has 2 aromatic carbocycles. The van der Waals surface area contributed by atoms with E-state index in [0.717, 1.165) is 48.6 Å². The van der Waals surface area contributed by atoms with Crippen LogP contribution in [0.15, 0.2) is 53.7 Å². The van der Waals surface area contributed by atoms with E-state index in [4.69, 9.17) is 35.5 Å². The number of anilines is 1. The third kappa shape index (κ3) is 5.68. The van der Waals surface area contributed by atoms with Gasteiger partial charge < -0.3 is 29.2 Å². The van der Waals surface area contributed by atoms with Crippen LogP contribution in [0.4, 0.5) is 5.82 Å². The van der Waals surface area contributed by atoms with Crippen LogP contribution >= 0.6 is 23.4 Å². The fourth-order valence-corrected chi connectivity index (χ4v) is 5.75. The van der Waals surface area contributed by atoms with Crippen LogP contribution in [-0.4, -0.2) is 54.8 Å². The van der Waals surface area contributed by atoms with Crippen molar-refractivity contribution in [2.75, 3.05) is 38.0 Å². The molecule has 2 fully saturated rings. The average Bonchev–Trinajstić information content (AvgIpc) is 3.60. The van der Waals surface area contributed by atoms with E-state index in [1.54, 1.807) is 6.07 Å². The first-order valence-corrected chi connectivity index (χ1v) is 13.9. The lowest BCUT2D eigenvalue weighted by Crippen LogP contribution is -2.45. The lowest BCUT2D eigenvalue weighted by molar-refractivity contribution is -0.169. The van der Waals surface area contributed by atoms with E-state index in [1.165, 1.54) is 11.8 Å². The highest BCUT2D eigenvalue weighted by atomic mass is 35.5. The third-order valence-corrected chi connectivity index (χ3v) is 7.91. The number of halogens is 1. The summed E-state index contributed by atoms with van der Waals surface area (Å²) in [5, 5.41) is 3.98. The molecule has 38 heavy (non-hydrogen) atoms. The molecule has 2 saturated heterocycles. The molecule has 3 aliphatic heterocycles. The molecule has 6 rings (SSSR count). The molecule has 1 amide bonds. The normalized spacial score (nSPS) is 17.7. The summed E-state index contributed by atoms with van der Waals surface area (Å²) in [5.74, 6) is 2.33. The van der Waals surface area contributed by atoms with Crippen molar-refractivity contribution in [1.82, 2.24) is 15.3 Å². The summed E-state index contributed by atoms with van der Waals surface area (Å²) in [7, 11) is 0. The molecule has 0 bridgehead atoms. The number of nitrogens with one attached hydrogen (secondary N) is 1. The minimum absolute atomic E-state index is 0.138. The number of hydrogen-bond acceptors (Lipinski definition) is 9. The number of piperidine rings is 1. The molecule has 0 saturated carbocycles. The Morgan fingerprint density at radius 3 is 2.50 bits per heavy atom. The molecule has 11 heteroatoms. The Kier molecular flexibility index (Phi) is 7.29. The van der Waals surface area contributed by atoms with Gasteiger partial charge in [-0.25, -0.2) is 9.97 Å². The van der Waals surface area contributed by atoms with Crippen LogP contribution in [0.2, 0.25) is 5.15 Å². The van der Waals surface area contributed by atoms with E-state index in [2.05, 4.69) is 15.2 Å². The Labute approximate surface area is 229 Å². The zero-order chi connectivity index (χ0) is 26.0. The van der Waals surface area contributed by atoms with Gasteiger partial charge in [-0.15, -0.1) is 0 Å². The molecule has 0 aliphatic carbocycles. The van der Waals surface area contributed by atoms with Crippen LogP contribution in [0.5, 0.6) is 11.5 Å². The number of benzene rings is 2. The molecule has 3 aliphatic rings. The second-order valence-electron chi connectivity index (χ2n) is 9.28. The van der Waals surface area contributed by atoms with Crippen molar-refractivity contribution in [3.8, 4) is 11.5 Å². The van der Waals surface area contributed by atoms with Crippen molar-refractivity contribution in [3.05, 3.63) is 70.4 Å². The number of nitrogens with zero attached hydrogens (tertiary/aromatic N) is 3. The first kappa shape index (κ1) is 25.2. The zero-order valence-electron chi connectivity index (χ0n) is 20.7. The maximum atomic E-state index is 12.6. The molecule has 1 N–H and O–H groups in total. The number of ether oxygens (including phenoxy) is 4. The van der Waals surface area contributed by atoms with Crippen molar-refractivity contribution in [3.63, 3.8) is 0 Å². The van der Waals surface area contributed by atoms with Crippen LogP contribution in [0.3, 0.4) is 0 Å². The Balaban J connectivity index is 1.02. The Morgan fingerprint density at radius 2 is 1.71 bits per heavy atom. The molecule has 0 radical (unpaired) electrons. The van der Waals surface area contributed by atoms with Crippen molar-refractivity contribution >= 4 is 35.1 Å². The van der Waals surface area contributed by atoms with Gasteiger partial charge in [0.05, 0.1) is 13.2 Å². The lowest BCUT2D eigenvalue weighted by Gasteiger charge is -2.38. The Morgan fingerprint density at radius 1 is 0.974 bits per heavy atom. The van der Waals surface area contributed by atoms with E-state index in [0.29, 0.717) is 47.1 Å². The summed E-state index contributed by atoms with van der Waals surface area (Å²) in [5.41, 5.74) is 2.60. The van der Waals surface area contributed by atoms with Crippen LogP contribution in [0.25, 0.3) is 0 Å². The largest absolute Gasteiger partial charge is 0.454 e. The highest BCUT2D eigenvalue weighted by Crippen LogP contribution is 2.34. The second kappa shape index (κ2) is 11.0. The van der Waals surface area contributed by atoms with Crippen molar-refractivity contribution < 1.29 is 23.7 Å². The third-order valence-electron chi connectivity index (χ3n) is 6.80. The van der Waals surface area contributed by atoms with Crippen LogP contribution in [0.1, 0.15) is 34.3 Å². The molecule has 9 nitrogen and oxygen atoms in total. The van der Waals surface area contributed by atoms with E-state index in [-0.39, 0.29) is 12.7 Å². The monoisotopic (exact) mass is 554 g/mol. The van der Waals surface area contributed by atoms with Crippen LogP contribution in [-0.2, 0) is 21.8 Å². The van der Waals surface area contributed by atoms with Gasteiger partial charge in [0, 0.05) is 49.9 Å². The van der Waals surface area contributed by atoms with Gasteiger partial charge in [-0.2, -0.15) is 0 Å². The summed E-state index contributed by atoms with van der Waals surface area (Å²) in [6, 6.07) is 15.0. The van der Waals surface area contributed by atoms with Gasteiger partial charge in [-0.05, 0) is 35.4 Å². The first-order chi connectivity index (χ1) is 18.6. The van der Waals surface area contributed by atoms with Crippen molar-refractivity contribution in [1.29, 1.82) is 0 Å². The quantitative estimate of drug-likeness (QED) is 0.258. The maximum absolute atomic E-state index is 12.6. The van der Waals surface area contributed by atoms with E-state index < -0.39 is 5.79 Å². The fraction of sp³-hybridized carbons (Fsp3) is 0.370. The van der Waals surface area contributed by atoms with Gasteiger partial charge in [-0.1, -0.05) is 41.6 Å². The number of thioether (sulfide) groups is 1. The van der Waals surface area contributed by atoms with Crippen molar-refractivity contribution in [2.45, 2.75) is 36.1 Å². The molecular formula is C27H27ClN4O5S. The predicted octanol–water partition coefficient (Wildman–Crippen LogP) is 4.42. The lowest BCUT2D eigenvalue weighted by atomic mass is 10.0. The Bertz CT molecular complexity index is 1310. The van der Waals surface area contributed by atoms with Crippen molar-refractivity contribution in [2.24, 2.45) is 0 Å². The van der Waals surface area contributed by atoms with Crippen LogP contribution in [0, 0.1) is 0 Å². The predicted molar refractivity (Wildman–Crippen MR) is 143 cm³/mol. The van der Waals surface area contributed by atoms with Gasteiger partial charge in [0.25, 0.3) is 5.91 Å². The molecule has 1 spiro atoms. The Hall–Kier alpha value is -3.05. The topological polar surface area (TPSA) is 95.0 Å². The van der Waals surface area contributed by atoms with E-state index >= 15 is 0 Å².